The highest BCUT2D eigenvalue weighted by Crippen LogP contribution is 2.05. The molecule has 0 spiro atoms. The number of ether oxygens (including phenoxy) is 2. The van der Waals surface area contributed by atoms with Crippen LogP contribution in [0.4, 0.5) is 9.18 Å². The number of unbranched alkanes of at least 4 members (excludes halogenated alkanes) is 5. The fourth-order valence-electron chi connectivity index (χ4n) is 1.12. The Morgan fingerprint density at radius 1 is 1.07 bits per heavy atom. The number of hydrogen-bond acceptors (Lipinski definition) is 3. The first-order valence-electron chi connectivity index (χ1n) is 5.08. The second-order valence-corrected chi connectivity index (χ2v) is 3.11. The Kier molecular flexibility index (Phi) is 9.69. The third-order valence-electron chi connectivity index (χ3n) is 1.91. The number of hydrogen-bond donors (Lipinski definition) is 0. The summed E-state index contributed by atoms with van der Waals surface area (Å²) in [5.41, 5.74) is 0. The van der Waals surface area contributed by atoms with E-state index < -0.39 is 6.16 Å². The first kappa shape index (κ1) is 13.2. The van der Waals surface area contributed by atoms with Crippen LogP contribution in [-0.2, 0) is 9.47 Å². The van der Waals surface area contributed by atoms with Crippen LogP contribution in [0.3, 0.4) is 0 Å². The third kappa shape index (κ3) is 9.29. The molecular formula is C10H19FO3. The molecule has 0 unspecified atom stereocenters. The highest BCUT2D eigenvalue weighted by atomic mass is 19.1. The number of rotatable bonds is 8. The van der Waals surface area contributed by atoms with Gasteiger partial charge < -0.3 is 9.47 Å². The van der Waals surface area contributed by atoms with Crippen molar-refractivity contribution in [3.63, 3.8) is 0 Å². The molecule has 0 radical (unpaired) electrons. The smallest absolute Gasteiger partial charge is 0.438 e. The van der Waals surface area contributed by atoms with Gasteiger partial charge in [0.2, 0.25) is 0 Å². The maximum atomic E-state index is 11.7. The summed E-state index contributed by atoms with van der Waals surface area (Å²) in [6, 6.07) is 0. The second kappa shape index (κ2) is 10.3. The molecular weight excluding hydrogens is 187 g/mol. The summed E-state index contributed by atoms with van der Waals surface area (Å²) in [7, 11) is 1.29. The van der Waals surface area contributed by atoms with Gasteiger partial charge >= 0.3 is 6.16 Å². The molecule has 84 valence electrons. The molecule has 0 aliphatic rings. The Morgan fingerprint density at radius 2 is 1.64 bits per heavy atom. The van der Waals surface area contributed by atoms with Gasteiger partial charge in [-0.2, -0.15) is 0 Å². The van der Waals surface area contributed by atoms with Gasteiger partial charge in [0.05, 0.1) is 20.4 Å². The van der Waals surface area contributed by atoms with Gasteiger partial charge in [0.25, 0.3) is 0 Å². The van der Waals surface area contributed by atoms with Crippen molar-refractivity contribution in [3.8, 4) is 0 Å². The van der Waals surface area contributed by atoms with Crippen LogP contribution in [0, 0.1) is 0 Å². The average molecular weight is 206 g/mol. The molecule has 0 N–H and O–H groups in total. The summed E-state index contributed by atoms with van der Waals surface area (Å²) in [5, 5.41) is 0. The number of methoxy groups -OCH3 is 1. The lowest BCUT2D eigenvalue weighted by atomic mass is 10.1. The molecule has 14 heavy (non-hydrogen) atoms. The van der Waals surface area contributed by atoms with E-state index in [1.807, 2.05) is 0 Å². The van der Waals surface area contributed by atoms with Crippen molar-refractivity contribution in [3.05, 3.63) is 0 Å². The Bertz CT molecular complexity index is 139. The monoisotopic (exact) mass is 206 g/mol. The standard InChI is InChI=1S/C10H19FO3/c1-13-10(12)14-9-7-5-3-2-4-6-8-11/h2-9H2,1H3. The highest BCUT2D eigenvalue weighted by Gasteiger charge is 1.98. The zero-order chi connectivity index (χ0) is 10.6. The maximum absolute atomic E-state index is 11.7. The van der Waals surface area contributed by atoms with Gasteiger partial charge in [-0.1, -0.05) is 25.7 Å². The molecule has 0 aromatic carbocycles. The van der Waals surface area contributed by atoms with Crippen LogP contribution in [0.15, 0.2) is 0 Å². The summed E-state index contributed by atoms with van der Waals surface area (Å²) >= 11 is 0. The number of carbonyl (C=O) groups is 1. The van der Waals surface area contributed by atoms with Gasteiger partial charge in [-0.25, -0.2) is 4.79 Å². The predicted molar refractivity (Wildman–Crippen MR) is 52.0 cm³/mol. The lowest BCUT2D eigenvalue weighted by Gasteiger charge is -2.02. The van der Waals surface area contributed by atoms with Gasteiger partial charge in [0, 0.05) is 0 Å². The van der Waals surface area contributed by atoms with Gasteiger partial charge in [0.1, 0.15) is 0 Å². The zero-order valence-electron chi connectivity index (χ0n) is 8.76. The first-order valence-corrected chi connectivity index (χ1v) is 5.08. The van der Waals surface area contributed by atoms with Crippen molar-refractivity contribution in [2.24, 2.45) is 0 Å². The van der Waals surface area contributed by atoms with E-state index in [1.54, 1.807) is 0 Å². The third-order valence-corrected chi connectivity index (χ3v) is 1.91. The number of alkyl halides is 1. The van der Waals surface area contributed by atoms with Crippen LogP contribution >= 0.6 is 0 Å². The minimum atomic E-state index is -0.623. The largest absolute Gasteiger partial charge is 0.507 e. The molecule has 0 bridgehead atoms. The quantitative estimate of drug-likeness (QED) is 0.452. The van der Waals surface area contributed by atoms with Crippen molar-refractivity contribution in [1.29, 1.82) is 0 Å². The Labute approximate surface area is 84.6 Å². The summed E-state index contributed by atoms with van der Waals surface area (Å²) in [5.74, 6) is 0. The van der Waals surface area contributed by atoms with Crippen LogP contribution < -0.4 is 0 Å². The molecule has 0 saturated carbocycles. The van der Waals surface area contributed by atoms with E-state index in [2.05, 4.69) is 4.74 Å². The lowest BCUT2D eigenvalue weighted by Crippen LogP contribution is -2.05. The fraction of sp³-hybridized carbons (Fsp3) is 0.900. The molecule has 0 heterocycles. The van der Waals surface area contributed by atoms with Crippen molar-refractivity contribution < 1.29 is 18.7 Å². The van der Waals surface area contributed by atoms with Crippen LogP contribution in [0.25, 0.3) is 0 Å². The molecule has 0 aromatic heterocycles. The van der Waals surface area contributed by atoms with Crippen molar-refractivity contribution >= 4 is 6.16 Å². The van der Waals surface area contributed by atoms with Crippen molar-refractivity contribution in [1.82, 2.24) is 0 Å². The van der Waals surface area contributed by atoms with Crippen molar-refractivity contribution in [2.75, 3.05) is 20.4 Å². The van der Waals surface area contributed by atoms with E-state index in [4.69, 9.17) is 4.74 Å². The molecule has 0 aromatic rings. The normalized spacial score (nSPS) is 9.86. The van der Waals surface area contributed by atoms with E-state index in [0.717, 1.165) is 32.1 Å². The van der Waals surface area contributed by atoms with Gasteiger partial charge in [-0.3, -0.25) is 4.39 Å². The van der Waals surface area contributed by atoms with Gasteiger partial charge in [0.15, 0.2) is 0 Å². The summed E-state index contributed by atoms with van der Waals surface area (Å²) < 4.78 is 20.7. The minimum Gasteiger partial charge on any atom is -0.438 e. The molecule has 3 nitrogen and oxygen atoms in total. The topological polar surface area (TPSA) is 35.5 Å². The number of halogens is 1. The maximum Gasteiger partial charge on any atom is 0.507 e. The van der Waals surface area contributed by atoms with Gasteiger partial charge in [-0.05, 0) is 12.8 Å². The molecule has 4 heteroatoms. The molecule has 0 aliphatic carbocycles. The SMILES string of the molecule is COC(=O)OCCCCCCCCF. The predicted octanol–water partition coefficient (Wildman–Crippen LogP) is 3.08. The van der Waals surface area contributed by atoms with E-state index in [-0.39, 0.29) is 6.67 Å². The molecule has 0 fully saturated rings. The fourth-order valence-corrected chi connectivity index (χ4v) is 1.12. The van der Waals surface area contributed by atoms with E-state index in [0.29, 0.717) is 13.0 Å². The number of carbonyl (C=O) groups excluding carboxylic acids is 1. The van der Waals surface area contributed by atoms with E-state index in [9.17, 15) is 9.18 Å². The van der Waals surface area contributed by atoms with Crippen LogP contribution in [-0.4, -0.2) is 26.5 Å². The van der Waals surface area contributed by atoms with E-state index >= 15 is 0 Å². The Hall–Kier alpha value is -0.800. The zero-order valence-corrected chi connectivity index (χ0v) is 8.76. The van der Waals surface area contributed by atoms with Crippen molar-refractivity contribution in [2.45, 2.75) is 38.5 Å². The lowest BCUT2D eigenvalue weighted by molar-refractivity contribution is 0.0713. The average Bonchev–Trinajstić information content (AvgIpc) is 2.21. The summed E-state index contributed by atoms with van der Waals surface area (Å²) in [6.45, 7) is 0.196. The molecule has 0 aliphatic heterocycles. The van der Waals surface area contributed by atoms with Crippen LogP contribution in [0.1, 0.15) is 38.5 Å². The first-order chi connectivity index (χ1) is 6.81. The van der Waals surface area contributed by atoms with Gasteiger partial charge in [-0.15, -0.1) is 0 Å². The van der Waals surface area contributed by atoms with E-state index in [1.165, 1.54) is 7.11 Å². The molecule has 0 rings (SSSR count). The van der Waals surface area contributed by atoms with Crippen LogP contribution in [0.5, 0.6) is 0 Å². The Morgan fingerprint density at radius 3 is 2.21 bits per heavy atom. The summed E-state index contributed by atoms with van der Waals surface area (Å²) in [4.78, 5) is 10.5. The van der Waals surface area contributed by atoms with Crippen LogP contribution in [0.2, 0.25) is 0 Å². The molecule has 0 saturated heterocycles. The minimum absolute atomic E-state index is 0.217. The molecule has 0 amide bonds. The summed E-state index contributed by atoms with van der Waals surface area (Å²) in [6.07, 6.45) is 5.00. The highest BCUT2D eigenvalue weighted by molar-refractivity contribution is 5.59. The molecule has 0 atom stereocenters. The second-order valence-electron chi connectivity index (χ2n) is 3.11. The Balaban J connectivity index is 2.95.